The highest BCUT2D eigenvalue weighted by Gasteiger charge is 2.11. The molecule has 0 saturated heterocycles. The molecule has 0 aliphatic rings. The molecule has 2 aromatic carbocycles. The molecule has 2 aromatic rings. The first kappa shape index (κ1) is 16.7. The Hall–Kier alpha value is -3.62. The van der Waals surface area contributed by atoms with Crippen LogP contribution in [0.15, 0.2) is 47.5 Å². The second-order valence-corrected chi connectivity index (χ2v) is 4.70. The lowest BCUT2D eigenvalue weighted by Crippen LogP contribution is -2.04. The van der Waals surface area contributed by atoms with Crippen LogP contribution in [0.2, 0.25) is 0 Å². The van der Waals surface area contributed by atoms with Gasteiger partial charge in [-0.1, -0.05) is 12.1 Å². The van der Waals surface area contributed by atoms with E-state index in [1.165, 1.54) is 18.2 Å². The van der Waals surface area contributed by atoms with E-state index in [1.54, 1.807) is 0 Å². The summed E-state index contributed by atoms with van der Waals surface area (Å²) in [4.78, 5) is 35.9. The van der Waals surface area contributed by atoms with E-state index in [1.807, 2.05) is 0 Å². The number of hydrogen-bond donors (Lipinski definition) is 1. The number of nitrogens with zero attached hydrogens (tertiary/aromatic N) is 3. The molecule has 122 valence electrons. The number of rotatable bonds is 6. The molecule has 9 heteroatoms. The lowest BCUT2D eigenvalue weighted by Gasteiger charge is -2.00. The summed E-state index contributed by atoms with van der Waals surface area (Å²) in [5.74, 6) is -0.674. The van der Waals surface area contributed by atoms with Crippen LogP contribution in [0.4, 0.5) is 11.4 Å². The van der Waals surface area contributed by atoms with Crippen LogP contribution in [-0.4, -0.2) is 33.5 Å². The molecule has 0 spiro atoms. The topological polar surface area (TPSA) is 136 Å². The number of benzene rings is 2. The summed E-state index contributed by atoms with van der Waals surface area (Å²) < 4.78 is 0. The van der Waals surface area contributed by atoms with E-state index in [0.717, 1.165) is 30.5 Å². The zero-order valence-corrected chi connectivity index (χ0v) is 12.2. The number of nitro groups is 2. The lowest BCUT2D eigenvalue weighted by atomic mass is 10.1. The molecule has 0 radical (unpaired) electrons. The zero-order chi connectivity index (χ0) is 17.7. The lowest BCUT2D eigenvalue weighted by molar-refractivity contribution is -0.385. The molecule has 0 unspecified atom stereocenters. The normalized spacial score (nSPS) is 10.7. The Kier molecular flexibility index (Phi) is 4.95. The fourth-order valence-corrected chi connectivity index (χ4v) is 1.87. The van der Waals surface area contributed by atoms with Crippen LogP contribution in [0.3, 0.4) is 0 Å². The van der Waals surface area contributed by atoms with Gasteiger partial charge in [0, 0.05) is 41.6 Å². The summed E-state index contributed by atoms with van der Waals surface area (Å²) >= 11 is 0. The molecule has 0 aliphatic heterocycles. The Morgan fingerprint density at radius 3 is 2.42 bits per heavy atom. The summed E-state index contributed by atoms with van der Waals surface area (Å²) in [6.45, 7) is -0.316. The van der Waals surface area contributed by atoms with Gasteiger partial charge < -0.3 is 5.11 Å². The maximum Gasteiger partial charge on any atom is 0.270 e. The van der Waals surface area contributed by atoms with Crippen molar-refractivity contribution < 1.29 is 19.7 Å². The van der Waals surface area contributed by atoms with Gasteiger partial charge in [0.1, 0.15) is 12.3 Å². The van der Waals surface area contributed by atoms with Crippen LogP contribution in [0.25, 0.3) is 0 Å². The smallest absolute Gasteiger partial charge is 0.270 e. The fraction of sp³-hybridized carbons (Fsp3) is 0.0667. The number of carbonyl (C=O) groups excluding carboxylic acids is 1. The number of nitro benzene ring substituents is 2. The molecule has 0 amide bonds. The molecule has 0 atom stereocenters. The van der Waals surface area contributed by atoms with Crippen LogP contribution < -0.4 is 0 Å². The summed E-state index contributed by atoms with van der Waals surface area (Å²) in [5, 5.41) is 31.0. The quantitative estimate of drug-likeness (QED) is 0.374. The average Bonchev–Trinajstić information content (AvgIpc) is 2.56. The number of non-ortho nitro benzene ring substituents is 2. The first-order chi connectivity index (χ1) is 11.4. The third-order valence-electron chi connectivity index (χ3n) is 3.07. The van der Waals surface area contributed by atoms with E-state index in [2.05, 4.69) is 4.99 Å². The Labute approximate surface area is 135 Å². The van der Waals surface area contributed by atoms with Crippen molar-refractivity contribution in [3.63, 3.8) is 0 Å². The molecule has 0 aromatic heterocycles. The minimum Gasteiger partial charge on any atom is -0.507 e. The SMILES string of the molecule is O=C(CN=Cc1cc([N+](=O)[O-])ccc1O)c1cccc([N+](=O)[O-])c1. The van der Waals surface area contributed by atoms with Gasteiger partial charge in [0.25, 0.3) is 11.4 Å². The summed E-state index contributed by atoms with van der Waals surface area (Å²) in [6, 6.07) is 8.64. The number of phenols is 1. The van der Waals surface area contributed by atoms with E-state index in [-0.39, 0.29) is 34.8 Å². The number of aromatic hydroxyl groups is 1. The van der Waals surface area contributed by atoms with Gasteiger partial charge in [0.05, 0.1) is 9.85 Å². The number of ketones is 1. The second-order valence-electron chi connectivity index (χ2n) is 4.70. The van der Waals surface area contributed by atoms with Gasteiger partial charge in [-0.05, 0) is 6.07 Å². The molecular formula is C15H11N3O6. The van der Waals surface area contributed by atoms with E-state index < -0.39 is 15.6 Å². The molecule has 0 heterocycles. The van der Waals surface area contributed by atoms with Gasteiger partial charge >= 0.3 is 0 Å². The Balaban J connectivity index is 2.13. The van der Waals surface area contributed by atoms with Crippen molar-refractivity contribution in [3.8, 4) is 5.75 Å². The standard InChI is InChI=1S/C15H11N3O6/c19-14-5-4-13(18(23)24)7-11(14)8-16-9-15(20)10-2-1-3-12(6-10)17(21)22/h1-8,19H,9H2. The van der Waals surface area contributed by atoms with Crippen LogP contribution in [-0.2, 0) is 0 Å². The fourth-order valence-electron chi connectivity index (χ4n) is 1.87. The van der Waals surface area contributed by atoms with Crippen molar-refractivity contribution in [2.45, 2.75) is 0 Å². The minimum absolute atomic E-state index is 0.0936. The largest absolute Gasteiger partial charge is 0.507 e. The highest BCUT2D eigenvalue weighted by atomic mass is 16.6. The highest BCUT2D eigenvalue weighted by molar-refractivity contribution is 5.99. The summed E-state index contributed by atoms with van der Waals surface area (Å²) in [7, 11) is 0. The molecule has 24 heavy (non-hydrogen) atoms. The molecule has 9 nitrogen and oxygen atoms in total. The summed E-state index contributed by atoms with van der Waals surface area (Å²) in [6.07, 6.45) is 1.14. The number of Topliss-reactive ketones (excluding diaryl/α,β-unsaturated/α-hetero) is 1. The van der Waals surface area contributed by atoms with Gasteiger partial charge in [-0.2, -0.15) is 0 Å². The molecular weight excluding hydrogens is 318 g/mol. The average molecular weight is 329 g/mol. The first-order valence-corrected chi connectivity index (χ1v) is 6.63. The van der Waals surface area contributed by atoms with Gasteiger partial charge in [0.2, 0.25) is 0 Å². The number of phenolic OH excluding ortho intramolecular Hbond substituents is 1. The minimum atomic E-state index is -0.620. The van der Waals surface area contributed by atoms with E-state index in [9.17, 15) is 30.1 Å². The van der Waals surface area contributed by atoms with Gasteiger partial charge in [-0.15, -0.1) is 0 Å². The van der Waals surface area contributed by atoms with Gasteiger partial charge in [-0.3, -0.25) is 30.0 Å². The van der Waals surface area contributed by atoms with Crippen molar-refractivity contribution in [2.24, 2.45) is 4.99 Å². The molecule has 0 aliphatic carbocycles. The highest BCUT2D eigenvalue weighted by Crippen LogP contribution is 2.21. The Morgan fingerprint density at radius 2 is 1.75 bits per heavy atom. The number of hydrogen-bond acceptors (Lipinski definition) is 7. The van der Waals surface area contributed by atoms with Crippen molar-refractivity contribution in [1.82, 2.24) is 0 Å². The van der Waals surface area contributed by atoms with Crippen molar-refractivity contribution >= 4 is 23.4 Å². The van der Waals surface area contributed by atoms with E-state index >= 15 is 0 Å². The monoisotopic (exact) mass is 329 g/mol. The summed E-state index contributed by atoms with van der Waals surface area (Å²) in [5.41, 5.74) is -0.207. The van der Waals surface area contributed by atoms with Crippen molar-refractivity contribution in [3.05, 3.63) is 73.8 Å². The zero-order valence-electron chi connectivity index (χ0n) is 12.2. The Bertz CT molecular complexity index is 847. The molecule has 1 N–H and O–H groups in total. The van der Waals surface area contributed by atoms with Gasteiger partial charge in [-0.25, -0.2) is 0 Å². The van der Waals surface area contributed by atoms with Crippen LogP contribution in [0.1, 0.15) is 15.9 Å². The molecule has 0 saturated carbocycles. The number of aliphatic imine (C=N–C) groups is 1. The van der Waals surface area contributed by atoms with E-state index in [0.29, 0.717) is 0 Å². The Morgan fingerprint density at radius 1 is 1.08 bits per heavy atom. The maximum absolute atomic E-state index is 12.0. The first-order valence-electron chi connectivity index (χ1n) is 6.63. The molecule has 0 fully saturated rings. The van der Waals surface area contributed by atoms with Crippen LogP contribution in [0.5, 0.6) is 5.75 Å². The predicted molar refractivity (Wildman–Crippen MR) is 84.6 cm³/mol. The van der Waals surface area contributed by atoms with Gasteiger partial charge in [0.15, 0.2) is 5.78 Å². The molecule has 0 bridgehead atoms. The maximum atomic E-state index is 12.0. The van der Waals surface area contributed by atoms with Crippen LogP contribution >= 0.6 is 0 Å². The van der Waals surface area contributed by atoms with Crippen molar-refractivity contribution in [1.29, 1.82) is 0 Å². The molecule has 2 rings (SSSR count). The van der Waals surface area contributed by atoms with Crippen molar-refractivity contribution in [2.75, 3.05) is 6.54 Å². The second kappa shape index (κ2) is 7.09. The third-order valence-corrected chi connectivity index (χ3v) is 3.07. The number of carbonyl (C=O) groups is 1. The predicted octanol–water partition coefficient (Wildman–Crippen LogP) is 2.51. The third kappa shape index (κ3) is 3.97. The van der Waals surface area contributed by atoms with Crippen LogP contribution in [0, 0.1) is 20.2 Å². The van der Waals surface area contributed by atoms with E-state index in [4.69, 9.17) is 0 Å².